The molecular weight excluding hydrogens is 218 g/mol. The summed E-state index contributed by atoms with van der Waals surface area (Å²) in [5.74, 6) is 0. The molecule has 0 bridgehead atoms. The summed E-state index contributed by atoms with van der Waals surface area (Å²) >= 11 is 0. The molecule has 0 fully saturated rings. The molecule has 1 nitrogen and oxygen atoms in total. The number of aryl methyl sites for hydroxylation is 1. The highest BCUT2D eigenvalue weighted by Crippen LogP contribution is 2.34. The number of hydrogen-bond donors (Lipinski definition) is 1. The molecule has 0 radical (unpaired) electrons. The average Bonchev–Trinajstić information content (AvgIpc) is 2.28. The Bertz CT molecular complexity index is 545. The maximum atomic E-state index is 5.94. The fourth-order valence-electron chi connectivity index (χ4n) is 2.19. The third-order valence-corrected chi connectivity index (χ3v) is 3.21. The summed E-state index contributed by atoms with van der Waals surface area (Å²) in [5, 5.41) is 0. The van der Waals surface area contributed by atoms with Crippen molar-refractivity contribution in [1.82, 2.24) is 0 Å². The molecule has 2 N–H and O–H groups in total. The summed E-state index contributed by atoms with van der Waals surface area (Å²) < 4.78 is 0. The molecule has 2 rings (SSSR count). The lowest BCUT2D eigenvalue weighted by molar-refractivity contribution is 0.592. The van der Waals surface area contributed by atoms with E-state index in [1.165, 1.54) is 22.3 Å². The standard InChI is InChI=1S/C17H21N/c1-12-5-7-13(8-6-12)15-11-14(18)9-10-16(15)17(2,3)4/h5-11H,18H2,1-4H3. The topological polar surface area (TPSA) is 26.0 Å². The van der Waals surface area contributed by atoms with Gasteiger partial charge in [-0.3, -0.25) is 0 Å². The molecule has 0 aromatic heterocycles. The summed E-state index contributed by atoms with van der Waals surface area (Å²) in [6, 6.07) is 14.8. The Balaban J connectivity index is 2.62. The third kappa shape index (κ3) is 2.56. The molecule has 94 valence electrons. The van der Waals surface area contributed by atoms with Gasteiger partial charge >= 0.3 is 0 Å². The number of rotatable bonds is 1. The Morgan fingerprint density at radius 2 is 1.50 bits per heavy atom. The first kappa shape index (κ1) is 12.7. The zero-order chi connectivity index (χ0) is 13.3. The second-order valence-corrected chi connectivity index (χ2v) is 5.92. The van der Waals surface area contributed by atoms with Gasteiger partial charge in [-0.2, -0.15) is 0 Å². The number of nitrogen functional groups attached to an aromatic ring is 1. The van der Waals surface area contributed by atoms with Gasteiger partial charge in [0.25, 0.3) is 0 Å². The Morgan fingerprint density at radius 1 is 0.889 bits per heavy atom. The van der Waals surface area contributed by atoms with E-state index < -0.39 is 0 Å². The second-order valence-electron chi connectivity index (χ2n) is 5.92. The van der Waals surface area contributed by atoms with Crippen LogP contribution < -0.4 is 5.73 Å². The van der Waals surface area contributed by atoms with E-state index in [4.69, 9.17) is 5.73 Å². The normalized spacial score (nSPS) is 11.6. The monoisotopic (exact) mass is 239 g/mol. The maximum absolute atomic E-state index is 5.94. The van der Waals surface area contributed by atoms with E-state index >= 15 is 0 Å². The van der Waals surface area contributed by atoms with Crippen LogP contribution in [0.2, 0.25) is 0 Å². The van der Waals surface area contributed by atoms with Gasteiger partial charge in [-0.05, 0) is 41.2 Å². The van der Waals surface area contributed by atoms with Crippen LogP contribution in [-0.4, -0.2) is 0 Å². The number of anilines is 1. The molecule has 0 unspecified atom stereocenters. The summed E-state index contributed by atoms with van der Waals surface area (Å²) in [6.45, 7) is 8.80. The van der Waals surface area contributed by atoms with Gasteiger partial charge in [0.05, 0.1) is 0 Å². The van der Waals surface area contributed by atoms with Gasteiger partial charge in [-0.1, -0.05) is 56.7 Å². The van der Waals surface area contributed by atoms with Crippen molar-refractivity contribution in [2.45, 2.75) is 33.1 Å². The Kier molecular flexibility index (Phi) is 3.16. The molecule has 0 spiro atoms. The van der Waals surface area contributed by atoms with Crippen molar-refractivity contribution in [3.05, 3.63) is 53.6 Å². The van der Waals surface area contributed by atoms with E-state index in [1.54, 1.807) is 0 Å². The highest BCUT2D eigenvalue weighted by molar-refractivity contribution is 5.72. The van der Waals surface area contributed by atoms with Gasteiger partial charge in [0.2, 0.25) is 0 Å². The van der Waals surface area contributed by atoms with Crippen LogP contribution >= 0.6 is 0 Å². The molecule has 0 amide bonds. The first-order valence-electron chi connectivity index (χ1n) is 6.35. The summed E-state index contributed by atoms with van der Waals surface area (Å²) in [6.07, 6.45) is 0. The smallest absolute Gasteiger partial charge is 0.0320 e. The van der Waals surface area contributed by atoms with Crippen molar-refractivity contribution in [3.63, 3.8) is 0 Å². The van der Waals surface area contributed by atoms with E-state index in [0.717, 1.165) is 5.69 Å². The minimum atomic E-state index is 0.119. The van der Waals surface area contributed by atoms with Crippen LogP contribution in [0.15, 0.2) is 42.5 Å². The quantitative estimate of drug-likeness (QED) is 0.726. The Hall–Kier alpha value is -1.76. The molecule has 0 saturated carbocycles. The van der Waals surface area contributed by atoms with Crippen LogP contribution in [0.5, 0.6) is 0 Å². The highest BCUT2D eigenvalue weighted by atomic mass is 14.5. The predicted octanol–water partition coefficient (Wildman–Crippen LogP) is 4.54. The lowest BCUT2D eigenvalue weighted by Crippen LogP contribution is -2.13. The van der Waals surface area contributed by atoms with Crippen LogP contribution in [0.3, 0.4) is 0 Å². The van der Waals surface area contributed by atoms with E-state index in [9.17, 15) is 0 Å². The van der Waals surface area contributed by atoms with Gasteiger partial charge in [-0.15, -0.1) is 0 Å². The highest BCUT2D eigenvalue weighted by Gasteiger charge is 2.18. The van der Waals surface area contributed by atoms with Crippen molar-refractivity contribution < 1.29 is 0 Å². The van der Waals surface area contributed by atoms with Gasteiger partial charge in [0, 0.05) is 5.69 Å². The van der Waals surface area contributed by atoms with Crippen LogP contribution in [0.25, 0.3) is 11.1 Å². The van der Waals surface area contributed by atoms with Crippen LogP contribution in [-0.2, 0) is 5.41 Å². The van der Waals surface area contributed by atoms with Crippen molar-refractivity contribution in [3.8, 4) is 11.1 Å². The maximum Gasteiger partial charge on any atom is 0.0320 e. The minimum Gasteiger partial charge on any atom is -0.399 e. The van der Waals surface area contributed by atoms with Gasteiger partial charge in [0.1, 0.15) is 0 Å². The third-order valence-electron chi connectivity index (χ3n) is 3.21. The number of hydrogen-bond acceptors (Lipinski definition) is 1. The van der Waals surface area contributed by atoms with Gasteiger partial charge < -0.3 is 5.73 Å². The SMILES string of the molecule is Cc1ccc(-c2cc(N)ccc2C(C)(C)C)cc1. The van der Waals surface area contributed by atoms with Crippen molar-refractivity contribution in [2.75, 3.05) is 5.73 Å². The molecule has 2 aromatic carbocycles. The summed E-state index contributed by atoms with van der Waals surface area (Å²) in [5.41, 5.74) is 12.0. The zero-order valence-electron chi connectivity index (χ0n) is 11.6. The first-order valence-corrected chi connectivity index (χ1v) is 6.35. The average molecular weight is 239 g/mol. The van der Waals surface area contributed by atoms with Crippen LogP contribution in [0.4, 0.5) is 5.69 Å². The molecule has 0 heterocycles. The molecular formula is C17H21N. The number of benzene rings is 2. The van der Waals surface area contributed by atoms with Crippen LogP contribution in [0, 0.1) is 6.92 Å². The second kappa shape index (κ2) is 4.49. The van der Waals surface area contributed by atoms with Crippen LogP contribution in [0.1, 0.15) is 31.9 Å². The van der Waals surface area contributed by atoms with E-state index in [0.29, 0.717) is 0 Å². The van der Waals surface area contributed by atoms with Crippen molar-refractivity contribution in [1.29, 1.82) is 0 Å². The zero-order valence-corrected chi connectivity index (χ0v) is 11.6. The van der Waals surface area contributed by atoms with Crippen molar-refractivity contribution >= 4 is 5.69 Å². The molecule has 0 atom stereocenters. The molecule has 0 aliphatic rings. The lowest BCUT2D eigenvalue weighted by Gasteiger charge is -2.23. The molecule has 0 aliphatic heterocycles. The lowest BCUT2D eigenvalue weighted by atomic mass is 9.81. The fraction of sp³-hybridized carbons (Fsp3) is 0.294. The summed E-state index contributed by atoms with van der Waals surface area (Å²) in [7, 11) is 0. The van der Waals surface area contributed by atoms with E-state index in [1.807, 2.05) is 6.07 Å². The Labute approximate surface area is 110 Å². The largest absolute Gasteiger partial charge is 0.399 e. The fourth-order valence-corrected chi connectivity index (χ4v) is 2.19. The molecule has 2 aromatic rings. The van der Waals surface area contributed by atoms with E-state index in [2.05, 4.69) is 64.1 Å². The molecule has 1 heteroatoms. The van der Waals surface area contributed by atoms with Gasteiger partial charge in [-0.25, -0.2) is 0 Å². The molecule has 18 heavy (non-hydrogen) atoms. The van der Waals surface area contributed by atoms with Gasteiger partial charge in [0.15, 0.2) is 0 Å². The predicted molar refractivity (Wildman–Crippen MR) is 79.7 cm³/mol. The minimum absolute atomic E-state index is 0.119. The summed E-state index contributed by atoms with van der Waals surface area (Å²) in [4.78, 5) is 0. The number of nitrogens with two attached hydrogens (primary N) is 1. The first-order chi connectivity index (χ1) is 8.38. The van der Waals surface area contributed by atoms with Crippen molar-refractivity contribution in [2.24, 2.45) is 0 Å². The van der Waals surface area contributed by atoms with E-state index in [-0.39, 0.29) is 5.41 Å². The molecule has 0 saturated heterocycles. The molecule has 0 aliphatic carbocycles. The Morgan fingerprint density at radius 3 is 2.06 bits per heavy atom.